The summed E-state index contributed by atoms with van der Waals surface area (Å²) in [7, 11) is 0. The molecule has 0 radical (unpaired) electrons. The van der Waals surface area contributed by atoms with Gasteiger partial charge in [0.1, 0.15) is 0 Å². The van der Waals surface area contributed by atoms with Gasteiger partial charge in [0.25, 0.3) is 0 Å². The average molecular weight is 274 g/mol. The van der Waals surface area contributed by atoms with Crippen LogP contribution in [0.3, 0.4) is 0 Å². The van der Waals surface area contributed by atoms with E-state index in [2.05, 4.69) is 9.88 Å². The molecule has 1 aromatic rings. The first-order valence-corrected chi connectivity index (χ1v) is 6.49. The summed E-state index contributed by atoms with van der Waals surface area (Å²) in [6.45, 7) is 4.69. The fourth-order valence-corrected chi connectivity index (χ4v) is 3.42. The van der Waals surface area contributed by atoms with Crippen LogP contribution in [0, 0.1) is 0 Å². The second-order valence-electron chi connectivity index (χ2n) is 3.37. The Morgan fingerprint density at radius 1 is 1.53 bits per heavy atom. The number of nitrogen functional groups attached to an aromatic ring is 1. The minimum atomic E-state index is -0.0206. The van der Waals surface area contributed by atoms with Crippen molar-refractivity contribution in [2.75, 3.05) is 36.9 Å². The Labute approximate surface area is 94.0 Å². The van der Waals surface area contributed by atoms with Crippen molar-refractivity contribution in [1.82, 2.24) is 4.98 Å². The molecule has 1 aromatic heterocycles. The number of rotatable bonds is 2. The Morgan fingerprint density at radius 2 is 2.20 bits per heavy atom. The second-order valence-corrected chi connectivity index (χ2v) is 5.42. The molecule has 2 rings (SSSR count). The number of carbonyl (C=O) groups is 1. The number of ether oxygens (including phenoxy) is 1. The fraction of sp³-hybridized carbons (Fsp3) is 0.556. The molecule has 1 aliphatic heterocycles. The molecule has 0 saturated carbocycles. The third-order valence-corrected chi connectivity index (χ3v) is 4.83. The van der Waals surface area contributed by atoms with Crippen molar-refractivity contribution in [3.63, 3.8) is 0 Å². The zero-order valence-corrected chi connectivity index (χ0v) is 10.2. The Bertz CT molecular complexity index is 371. The Balaban J connectivity index is 2.21. The molecular weight excluding hydrogens is 261 g/mol. The van der Waals surface area contributed by atoms with Crippen LogP contribution >= 0.6 is 0 Å². The molecule has 0 spiro atoms. The number of morpholine rings is 1. The molecule has 0 aromatic carbocycles. The molecule has 0 bridgehead atoms. The minimum absolute atomic E-state index is 0.0206. The topological polar surface area (TPSA) is 68.5 Å². The van der Waals surface area contributed by atoms with Crippen LogP contribution in [0.4, 0.5) is 10.5 Å². The quantitative estimate of drug-likeness (QED) is 0.595. The standard InChI is InChI=1S/C9H13N3O2Se/c1-6(13)7-8(10)11-9(15-7)12-2-4-14-5-3-12/h2-5,10H2,1H3. The molecule has 0 unspecified atom stereocenters. The Hall–Kier alpha value is -0.841. The van der Waals surface area contributed by atoms with Crippen LogP contribution in [0.25, 0.3) is 0 Å². The molecule has 0 atom stereocenters. The van der Waals surface area contributed by atoms with Gasteiger partial charge in [-0.25, -0.2) is 0 Å². The van der Waals surface area contributed by atoms with Gasteiger partial charge in [0.15, 0.2) is 0 Å². The third-order valence-electron chi connectivity index (χ3n) is 2.24. The summed E-state index contributed by atoms with van der Waals surface area (Å²) in [4.78, 5) is 17.7. The summed E-state index contributed by atoms with van der Waals surface area (Å²) in [5, 5.41) is 0. The number of nitrogens with zero attached hydrogens (tertiary/aromatic N) is 2. The maximum absolute atomic E-state index is 11.2. The van der Waals surface area contributed by atoms with E-state index in [0.29, 0.717) is 10.3 Å². The number of ketones is 1. The van der Waals surface area contributed by atoms with Crippen molar-refractivity contribution in [3.8, 4) is 0 Å². The number of anilines is 2. The van der Waals surface area contributed by atoms with Crippen LogP contribution < -0.4 is 10.6 Å². The molecule has 82 valence electrons. The van der Waals surface area contributed by atoms with Crippen LogP contribution in [0.5, 0.6) is 0 Å². The summed E-state index contributed by atoms with van der Waals surface area (Å²) in [5.41, 5.74) is 5.71. The summed E-state index contributed by atoms with van der Waals surface area (Å²) >= 11 is -0.0206. The number of hydrogen-bond acceptors (Lipinski definition) is 5. The Kier molecular flexibility index (Phi) is 3.09. The number of Topliss-reactive ketones (excluding diaryl/α,β-unsaturated/α-hetero) is 1. The van der Waals surface area contributed by atoms with E-state index < -0.39 is 0 Å². The number of carbonyl (C=O) groups excluding carboxylic acids is 1. The first kappa shape index (κ1) is 10.7. The van der Waals surface area contributed by atoms with Crippen LogP contribution in [-0.2, 0) is 4.74 Å². The average Bonchev–Trinajstić information content (AvgIpc) is 2.62. The van der Waals surface area contributed by atoms with Gasteiger partial charge in [-0.05, 0) is 0 Å². The molecule has 0 aliphatic carbocycles. The monoisotopic (exact) mass is 275 g/mol. The van der Waals surface area contributed by atoms with Crippen LogP contribution in [0.2, 0.25) is 0 Å². The summed E-state index contributed by atoms with van der Waals surface area (Å²) < 4.78 is 6.92. The van der Waals surface area contributed by atoms with Crippen LogP contribution in [0.1, 0.15) is 16.2 Å². The number of hydrogen-bond donors (Lipinski definition) is 1. The van der Waals surface area contributed by atoms with Crippen LogP contribution in [-0.4, -0.2) is 51.6 Å². The summed E-state index contributed by atoms with van der Waals surface area (Å²) in [5.74, 6) is 0.448. The Morgan fingerprint density at radius 3 is 2.73 bits per heavy atom. The molecule has 15 heavy (non-hydrogen) atoms. The second kappa shape index (κ2) is 4.35. The van der Waals surface area contributed by atoms with Gasteiger partial charge >= 0.3 is 93.6 Å². The molecule has 0 amide bonds. The van der Waals surface area contributed by atoms with Crippen molar-refractivity contribution in [2.45, 2.75) is 6.92 Å². The third kappa shape index (κ3) is 2.22. The van der Waals surface area contributed by atoms with Gasteiger partial charge in [-0.3, -0.25) is 0 Å². The van der Waals surface area contributed by atoms with E-state index in [1.54, 1.807) is 6.92 Å². The van der Waals surface area contributed by atoms with Gasteiger partial charge in [0, 0.05) is 0 Å². The van der Waals surface area contributed by atoms with Crippen molar-refractivity contribution >= 4 is 30.8 Å². The van der Waals surface area contributed by atoms with E-state index in [9.17, 15) is 4.79 Å². The predicted octanol–water partition coefficient (Wildman–Crippen LogP) is -0.240. The zero-order valence-electron chi connectivity index (χ0n) is 8.52. The van der Waals surface area contributed by atoms with E-state index in [4.69, 9.17) is 10.5 Å². The van der Waals surface area contributed by atoms with E-state index in [1.807, 2.05) is 0 Å². The summed E-state index contributed by atoms with van der Waals surface area (Å²) in [6, 6.07) is 0. The van der Waals surface area contributed by atoms with Gasteiger partial charge in [-0.2, -0.15) is 0 Å². The first-order chi connectivity index (χ1) is 7.18. The van der Waals surface area contributed by atoms with Crippen molar-refractivity contribution < 1.29 is 9.53 Å². The number of aromatic nitrogens is 1. The predicted molar refractivity (Wildman–Crippen MR) is 58.6 cm³/mol. The van der Waals surface area contributed by atoms with Crippen molar-refractivity contribution in [2.24, 2.45) is 0 Å². The maximum atomic E-state index is 11.2. The van der Waals surface area contributed by atoms with E-state index >= 15 is 0 Å². The van der Waals surface area contributed by atoms with Gasteiger partial charge in [-0.1, -0.05) is 0 Å². The van der Waals surface area contributed by atoms with E-state index in [-0.39, 0.29) is 20.3 Å². The first-order valence-electron chi connectivity index (χ1n) is 4.78. The van der Waals surface area contributed by atoms with Crippen LogP contribution in [0.15, 0.2) is 0 Å². The van der Waals surface area contributed by atoms with E-state index in [1.165, 1.54) is 0 Å². The molecule has 5 nitrogen and oxygen atoms in total. The SMILES string of the molecule is CC(=O)c1[se]c(N2CCOCC2)nc1N. The number of nitrogens with two attached hydrogens (primary N) is 1. The molecular formula is C9H13N3O2Se. The molecule has 1 fully saturated rings. The van der Waals surface area contributed by atoms with Crippen molar-refractivity contribution in [1.29, 1.82) is 0 Å². The van der Waals surface area contributed by atoms with Gasteiger partial charge in [0.05, 0.1) is 0 Å². The molecule has 2 heterocycles. The molecule has 2 N–H and O–H groups in total. The van der Waals surface area contributed by atoms with Gasteiger partial charge in [0.2, 0.25) is 0 Å². The van der Waals surface area contributed by atoms with Gasteiger partial charge in [-0.15, -0.1) is 0 Å². The van der Waals surface area contributed by atoms with Gasteiger partial charge < -0.3 is 0 Å². The molecule has 1 aliphatic rings. The zero-order chi connectivity index (χ0) is 10.8. The fourth-order valence-electron chi connectivity index (χ4n) is 1.46. The van der Waals surface area contributed by atoms with E-state index in [0.717, 1.165) is 31.0 Å². The normalized spacial score (nSPS) is 16.7. The summed E-state index contributed by atoms with van der Waals surface area (Å²) in [6.07, 6.45) is 0. The molecule has 1 saturated heterocycles. The van der Waals surface area contributed by atoms with Crippen molar-refractivity contribution in [3.05, 3.63) is 4.44 Å². The molecule has 6 heteroatoms.